The molecule has 142 valence electrons. The van der Waals surface area contributed by atoms with E-state index in [9.17, 15) is 19.5 Å². The quantitative estimate of drug-likeness (QED) is 0.161. The highest BCUT2D eigenvalue weighted by atomic mass is 32.1. The highest BCUT2D eigenvalue weighted by Crippen LogP contribution is 2.35. The first kappa shape index (κ1) is 21.7. The van der Waals surface area contributed by atoms with E-state index in [0.29, 0.717) is 0 Å². The van der Waals surface area contributed by atoms with Crippen LogP contribution in [0.5, 0.6) is 0 Å². The molecular weight excluding hydrogens is 362 g/mol. The van der Waals surface area contributed by atoms with Gasteiger partial charge in [0.25, 0.3) is 0 Å². The molecule has 0 aliphatic carbocycles. The number of β-lactam (4-membered cyclic amide) rings is 1. The van der Waals surface area contributed by atoms with Gasteiger partial charge in [-0.05, 0) is 13.8 Å². The number of amides is 1. The Morgan fingerprint density at radius 2 is 1.92 bits per heavy atom. The van der Waals surface area contributed by atoms with E-state index in [1.165, 1.54) is 13.0 Å². The zero-order chi connectivity index (χ0) is 19.5. The maximum atomic E-state index is 12.6. The normalized spacial score (nSPS) is 24.0. The number of hydrogen-bond acceptors (Lipinski definition) is 7. The van der Waals surface area contributed by atoms with E-state index in [1.807, 2.05) is 19.6 Å². The summed E-state index contributed by atoms with van der Waals surface area (Å²) in [6.07, 6.45) is 0.424. The van der Waals surface area contributed by atoms with Gasteiger partial charge in [-0.3, -0.25) is 4.79 Å². The number of carbonyl (C=O) groups is 3. The molecule has 0 aromatic rings. The fourth-order valence-corrected chi connectivity index (χ4v) is 3.31. The number of esters is 2. The van der Waals surface area contributed by atoms with Crippen molar-refractivity contribution in [2.75, 3.05) is 6.61 Å². The van der Waals surface area contributed by atoms with Gasteiger partial charge < -0.3 is 19.5 Å². The van der Waals surface area contributed by atoms with E-state index in [0.717, 1.165) is 4.90 Å². The lowest BCUT2D eigenvalue weighted by molar-refractivity contribution is -0.181. The van der Waals surface area contributed by atoms with Crippen molar-refractivity contribution in [3.63, 3.8) is 0 Å². The third-order valence-corrected chi connectivity index (χ3v) is 7.37. The molecule has 0 bridgehead atoms. The van der Waals surface area contributed by atoms with Crippen LogP contribution in [0.2, 0.25) is 19.6 Å². The lowest BCUT2D eigenvalue weighted by Crippen LogP contribution is -2.69. The Kier molecular flexibility index (Phi) is 7.27. The lowest BCUT2D eigenvalue weighted by atomic mass is 9.91. The molecule has 1 aliphatic rings. The molecule has 0 radical (unpaired) electrons. The van der Waals surface area contributed by atoms with Crippen molar-refractivity contribution in [2.24, 2.45) is 5.92 Å². The number of hydrogen-bond donors (Lipinski definition) is 2. The third-order valence-electron chi connectivity index (χ3n) is 4.25. The zero-order valence-electron chi connectivity index (χ0n) is 15.3. The van der Waals surface area contributed by atoms with Crippen LogP contribution in [0.15, 0.2) is 12.7 Å². The molecular formula is C16H27NO6SSi. The van der Waals surface area contributed by atoms with Crippen LogP contribution in [0.4, 0.5) is 0 Å². The van der Waals surface area contributed by atoms with Crippen molar-refractivity contribution in [1.82, 2.24) is 4.90 Å². The Balaban J connectivity index is 3.02. The van der Waals surface area contributed by atoms with Gasteiger partial charge in [0.15, 0.2) is 0 Å². The first-order chi connectivity index (χ1) is 11.4. The average molecular weight is 390 g/mol. The molecule has 0 spiro atoms. The first-order valence-corrected chi connectivity index (χ1v) is 12.2. The van der Waals surface area contributed by atoms with Crippen LogP contribution in [0.25, 0.3) is 0 Å². The van der Waals surface area contributed by atoms with Crippen molar-refractivity contribution < 1.29 is 29.0 Å². The van der Waals surface area contributed by atoms with Gasteiger partial charge in [0.2, 0.25) is 11.9 Å². The predicted molar refractivity (Wildman–Crippen MR) is 98.6 cm³/mol. The molecule has 1 amide bonds. The monoisotopic (exact) mass is 389 g/mol. The fraction of sp³-hybridized carbons (Fsp3) is 0.688. The maximum absolute atomic E-state index is 12.6. The second kappa shape index (κ2) is 8.37. The molecule has 0 saturated carbocycles. The van der Waals surface area contributed by atoms with Gasteiger partial charge in [0, 0.05) is 0 Å². The summed E-state index contributed by atoms with van der Waals surface area (Å²) in [5.41, 5.74) is -0.350. The average Bonchev–Trinajstić information content (AvgIpc) is 2.48. The van der Waals surface area contributed by atoms with E-state index in [-0.39, 0.29) is 12.3 Å². The number of aliphatic hydroxyl groups is 1. The highest BCUT2D eigenvalue weighted by molar-refractivity contribution is 7.81. The Morgan fingerprint density at radius 3 is 2.32 bits per heavy atom. The maximum Gasteiger partial charge on any atom is 0.341 e. The summed E-state index contributed by atoms with van der Waals surface area (Å²) >= 11 is 4.26. The molecule has 0 aromatic heterocycles. The zero-order valence-corrected chi connectivity index (χ0v) is 17.2. The van der Waals surface area contributed by atoms with Gasteiger partial charge in [-0.2, -0.15) is 12.6 Å². The van der Waals surface area contributed by atoms with Crippen molar-refractivity contribution in [2.45, 2.75) is 56.7 Å². The number of aliphatic hydroxyl groups excluding tert-OH is 1. The second-order valence-electron chi connectivity index (χ2n) is 7.19. The van der Waals surface area contributed by atoms with Gasteiger partial charge in [0.05, 0.1) is 31.2 Å². The third kappa shape index (κ3) is 4.86. The number of ether oxygens (including phenoxy) is 2. The van der Waals surface area contributed by atoms with Gasteiger partial charge >= 0.3 is 11.9 Å². The topological polar surface area (TPSA) is 93.1 Å². The molecule has 5 atom stereocenters. The Labute approximate surface area is 154 Å². The molecule has 25 heavy (non-hydrogen) atoms. The van der Waals surface area contributed by atoms with Crippen LogP contribution in [0, 0.1) is 5.92 Å². The van der Waals surface area contributed by atoms with E-state index < -0.39 is 49.4 Å². The van der Waals surface area contributed by atoms with Gasteiger partial charge in [-0.1, -0.05) is 32.3 Å². The van der Waals surface area contributed by atoms with Crippen molar-refractivity contribution >= 4 is 38.5 Å². The molecule has 9 heteroatoms. The molecule has 1 fully saturated rings. The Hall–Kier alpha value is -1.32. The first-order valence-electron chi connectivity index (χ1n) is 8.09. The molecule has 7 nitrogen and oxygen atoms in total. The van der Waals surface area contributed by atoms with Crippen molar-refractivity contribution in [3.05, 3.63) is 12.7 Å². The van der Waals surface area contributed by atoms with Gasteiger partial charge in [-0.25, -0.2) is 9.59 Å². The summed E-state index contributed by atoms with van der Waals surface area (Å²) < 4.78 is 10.4. The summed E-state index contributed by atoms with van der Waals surface area (Å²) in [4.78, 5) is 38.2. The summed E-state index contributed by atoms with van der Waals surface area (Å²) in [6, 6.07) is -1.54. The number of nitrogens with zero attached hydrogens (tertiary/aromatic N) is 1. The van der Waals surface area contributed by atoms with E-state index >= 15 is 0 Å². The predicted octanol–water partition coefficient (Wildman–Crippen LogP) is 0.988. The summed E-state index contributed by atoms with van der Waals surface area (Å²) in [6.45, 7) is 12.7. The minimum Gasteiger partial charge on any atom is -0.465 e. The van der Waals surface area contributed by atoms with Crippen molar-refractivity contribution in [3.8, 4) is 0 Å². The van der Waals surface area contributed by atoms with E-state index in [1.54, 1.807) is 6.92 Å². The van der Waals surface area contributed by atoms with Crippen LogP contribution in [-0.4, -0.2) is 65.8 Å². The lowest BCUT2D eigenvalue weighted by Gasteiger charge is -2.48. The molecule has 1 rings (SSSR count). The largest absolute Gasteiger partial charge is 0.465 e. The van der Waals surface area contributed by atoms with Crippen LogP contribution in [0.3, 0.4) is 0 Å². The minimum atomic E-state index is -1.80. The summed E-state index contributed by atoms with van der Waals surface area (Å²) in [5.74, 6) is -3.06. The summed E-state index contributed by atoms with van der Waals surface area (Å²) in [5, 5.41) is 8.87. The molecule has 1 N–H and O–H groups in total. The molecule has 5 unspecified atom stereocenters. The number of likely N-dealkylation sites (tertiary alicyclic amines) is 1. The molecule has 1 heterocycles. The number of rotatable bonds is 8. The van der Waals surface area contributed by atoms with Crippen LogP contribution < -0.4 is 0 Å². The molecule has 1 saturated heterocycles. The van der Waals surface area contributed by atoms with Crippen molar-refractivity contribution in [1.29, 1.82) is 0 Å². The second-order valence-corrected chi connectivity index (χ2v) is 13.3. The number of carbonyl (C=O) groups excluding carboxylic acids is 3. The summed E-state index contributed by atoms with van der Waals surface area (Å²) in [7, 11) is -1.80. The standard InChI is InChI=1S/C16H27NO6SSi/c1-7-8-22-15(20)12(16(21)23-10(3)25(4,5)6)17-13(19)11(9(2)18)14(17)24/h7,9-12,14,18,24H,1,8H2,2-6H3. The Bertz CT molecular complexity index is 547. The molecule has 0 aromatic carbocycles. The van der Waals surface area contributed by atoms with Gasteiger partial charge in [-0.15, -0.1) is 0 Å². The number of thiol groups is 1. The van der Waals surface area contributed by atoms with E-state index in [2.05, 4.69) is 19.2 Å². The van der Waals surface area contributed by atoms with Crippen LogP contribution in [0.1, 0.15) is 13.8 Å². The smallest absolute Gasteiger partial charge is 0.341 e. The molecule has 1 aliphatic heterocycles. The van der Waals surface area contributed by atoms with Crippen LogP contribution >= 0.6 is 12.6 Å². The van der Waals surface area contributed by atoms with E-state index in [4.69, 9.17) is 9.47 Å². The highest BCUT2D eigenvalue weighted by Gasteiger charge is 2.55. The minimum absolute atomic E-state index is 0.0920. The fourth-order valence-electron chi connectivity index (χ4n) is 2.22. The SMILES string of the molecule is C=CCOC(=O)C(C(=O)OC(C)[Si](C)(C)C)N1C(=O)C(C(C)O)C1S. The van der Waals surface area contributed by atoms with Crippen LogP contribution in [-0.2, 0) is 23.9 Å². The Morgan fingerprint density at radius 1 is 1.36 bits per heavy atom. The van der Waals surface area contributed by atoms with Gasteiger partial charge in [0.1, 0.15) is 6.61 Å².